The van der Waals surface area contributed by atoms with Crippen molar-refractivity contribution >= 4 is 39.2 Å². The van der Waals surface area contributed by atoms with Crippen LogP contribution in [0.15, 0.2) is 16.7 Å². The number of nitrogen functional groups attached to an aromatic ring is 1. The summed E-state index contributed by atoms with van der Waals surface area (Å²) >= 11 is 5.38. The maximum atomic E-state index is 5.89. The van der Waals surface area contributed by atoms with E-state index in [2.05, 4.69) is 33.2 Å². The van der Waals surface area contributed by atoms with Crippen LogP contribution in [0.2, 0.25) is 0 Å². The first-order valence-corrected chi connectivity index (χ1v) is 7.16. The molecule has 88 valence electrons. The number of pyridine rings is 1. The van der Waals surface area contributed by atoms with Crippen LogP contribution in [0.1, 0.15) is 19.8 Å². The van der Waals surface area contributed by atoms with Crippen molar-refractivity contribution in [3.8, 4) is 0 Å². The Morgan fingerprint density at radius 3 is 3.12 bits per heavy atom. The lowest BCUT2D eigenvalue weighted by molar-refractivity contribution is 0.634. The molecule has 0 bridgehead atoms. The van der Waals surface area contributed by atoms with Crippen LogP contribution in [0.5, 0.6) is 0 Å². The minimum Gasteiger partial charge on any atom is -0.396 e. The summed E-state index contributed by atoms with van der Waals surface area (Å²) in [6, 6.07) is 1.87. The molecule has 2 rings (SSSR count). The van der Waals surface area contributed by atoms with Crippen molar-refractivity contribution in [3.05, 3.63) is 16.7 Å². The highest BCUT2D eigenvalue weighted by Gasteiger charge is 2.29. The molecule has 0 amide bonds. The number of nitrogens with two attached hydrogens (primary N) is 1. The van der Waals surface area contributed by atoms with Crippen molar-refractivity contribution < 1.29 is 0 Å². The molecule has 1 aliphatic rings. The normalized spacial score (nSPS) is 24.6. The zero-order valence-electron chi connectivity index (χ0n) is 9.29. The predicted octanol–water partition coefficient (Wildman–Crippen LogP) is 3.12. The Balaban J connectivity index is 1.99. The Labute approximate surface area is 109 Å². The highest BCUT2D eigenvalue weighted by Crippen LogP contribution is 2.37. The van der Waals surface area contributed by atoms with E-state index in [4.69, 9.17) is 5.73 Å². The van der Waals surface area contributed by atoms with Crippen molar-refractivity contribution in [2.75, 3.05) is 23.3 Å². The zero-order valence-corrected chi connectivity index (χ0v) is 11.7. The van der Waals surface area contributed by atoms with Gasteiger partial charge in [-0.2, -0.15) is 11.8 Å². The van der Waals surface area contributed by atoms with E-state index in [1.165, 1.54) is 18.6 Å². The van der Waals surface area contributed by atoms with Gasteiger partial charge in [0.1, 0.15) is 5.82 Å². The van der Waals surface area contributed by atoms with Gasteiger partial charge in [-0.15, -0.1) is 0 Å². The molecule has 0 aliphatic carbocycles. The quantitative estimate of drug-likeness (QED) is 0.900. The van der Waals surface area contributed by atoms with Crippen LogP contribution < -0.4 is 11.1 Å². The Morgan fingerprint density at radius 2 is 2.50 bits per heavy atom. The van der Waals surface area contributed by atoms with Gasteiger partial charge in [0.05, 0.1) is 5.69 Å². The van der Waals surface area contributed by atoms with Crippen molar-refractivity contribution in [1.29, 1.82) is 0 Å². The summed E-state index contributed by atoms with van der Waals surface area (Å²) in [6.45, 7) is 3.23. The maximum Gasteiger partial charge on any atom is 0.149 e. The van der Waals surface area contributed by atoms with Gasteiger partial charge in [0, 0.05) is 22.0 Å². The van der Waals surface area contributed by atoms with Gasteiger partial charge >= 0.3 is 0 Å². The third-order valence-electron chi connectivity index (χ3n) is 2.81. The van der Waals surface area contributed by atoms with E-state index < -0.39 is 0 Å². The fourth-order valence-corrected chi connectivity index (χ4v) is 3.44. The van der Waals surface area contributed by atoms with Crippen LogP contribution in [0.25, 0.3) is 0 Å². The average Bonchev–Trinajstić information content (AvgIpc) is 2.64. The SMILES string of the molecule is CC1(CNc2ncc(Br)cc2N)CCCS1. The number of nitrogens with one attached hydrogen (secondary N) is 1. The molecule has 5 heteroatoms. The van der Waals surface area contributed by atoms with Gasteiger partial charge in [0.2, 0.25) is 0 Å². The largest absolute Gasteiger partial charge is 0.396 e. The molecule has 1 saturated heterocycles. The van der Waals surface area contributed by atoms with Gasteiger partial charge in [0.25, 0.3) is 0 Å². The van der Waals surface area contributed by atoms with Gasteiger partial charge in [-0.05, 0) is 47.5 Å². The van der Waals surface area contributed by atoms with Crippen LogP contribution in [-0.2, 0) is 0 Å². The van der Waals surface area contributed by atoms with E-state index >= 15 is 0 Å². The molecule has 1 aromatic rings. The van der Waals surface area contributed by atoms with Gasteiger partial charge in [-0.3, -0.25) is 0 Å². The molecule has 1 aliphatic heterocycles. The second kappa shape index (κ2) is 4.84. The molecule has 2 heterocycles. The van der Waals surface area contributed by atoms with Gasteiger partial charge < -0.3 is 11.1 Å². The molecule has 0 radical (unpaired) electrons. The first-order valence-electron chi connectivity index (χ1n) is 5.38. The van der Waals surface area contributed by atoms with Crippen molar-refractivity contribution in [2.24, 2.45) is 0 Å². The summed E-state index contributed by atoms with van der Waals surface area (Å²) < 4.78 is 1.25. The standard InChI is InChI=1S/C11H16BrN3S/c1-11(3-2-4-16-11)7-15-10-9(13)5-8(12)6-14-10/h5-6H,2-4,7,13H2,1H3,(H,14,15). The molecule has 3 nitrogen and oxygen atoms in total. The molecule has 0 spiro atoms. The molecule has 0 saturated carbocycles. The Kier molecular flexibility index (Phi) is 3.64. The summed E-state index contributed by atoms with van der Waals surface area (Å²) in [5.74, 6) is 2.05. The fourth-order valence-electron chi connectivity index (χ4n) is 1.85. The van der Waals surface area contributed by atoms with Crippen LogP contribution in [0.3, 0.4) is 0 Å². The molecule has 1 fully saturated rings. The molecule has 1 atom stereocenters. The molecule has 16 heavy (non-hydrogen) atoms. The Bertz CT molecular complexity index is 377. The highest BCUT2D eigenvalue weighted by molar-refractivity contribution is 9.10. The third-order valence-corrected chi connectivity index (χ3v) is 4.79. The molecular weight excluding hydrogens is 286 g/mol. The minimum absolute atomic E-state index is 0.335. The number of aromatic nitrogens is 1. The Morgan fingerprint density at radius 1 is 1.69 bits per heavy atom. The molecule has 1 aromatic heterocycles. The second-order valence-electron chi connectivity index (χ2n) is 4.35. The predicted molar refractivity (Wildman–Crippen MR) is 74.9 cm³/mol. The lowest BCUT2D eigenvalue weighted by atomic mass is 10.1. The number of thioether (sulfide) groups is 1. The minimum atomic E-state index is 0.335. The van der Waals surface area contributed by atoms with Gasteiger partial charge in [-0.1, -0.05) is 0 Å². The van der Waals surface area contributed by atoms with Gasteiger partial charge in [0.15, 0.2) is 0 Å². The summed E-state index contributed by atoms with van der Waals surface area (Å²) in [7, 11) is 0. The van der Waals surface area contributed by atoms with Crippen molar-refractivity contribution in [3.63, 3.8) is 0 Å². The lowest BCUT2D eigenvalue weighted by Gasteiger charge is -2.23. The second-order valence-corrected chi connectivity index (χ2v) is 6.95. The number of anilines is 2. The van der Waals surface area contributed by atoms with E-state index in [1.807, 2.05) is 17.8 Å². The van der Waals surface area contributed by atoms with Crippen LogP contribution >= 0.6 is 27.7 Å². The Hall–Kier alpha value is -0.420. The summed E-state index contributed by atoms with van der Waals surface area (Å²) in [4.78, 5) is 4.28. The molecule has 1 unspecified atom stereocenters. The van der Waals surface area contributed by atoms with Crippen LogP contribution in [0, 0.1) is 0 Å². The molecular formula is C11H16BrN3S. The van der Waals surface area contributed by atoms with Gasteiger partial charge in [-0.25, -0.2) is 4.98 Å². The third kappa shape index (κ3) is 2.83. The summed E-state index contributed by atoms with van der Waals surface area (Å²) in [5.41, 5.74) is 6.58. The number of hydrogen-bond acceptors (Lipinski definition) is 4. The first-order chi connectivity index (χ1) is 7.59. The van der Waals surface area contributed by atoms with Crippen LogP contribution in [0.4, 0.5) is 11.5 Å². The number of rotatable bonds is 3. The molecule has 0 aromatic carbocycles. The first kappa shape index (κ1) is 12.0. The van der Waals surface area contributed by atoms with E-state index in [-0.39, 0.29) is 0 Å². The summed E-state index contributed by atoms with van der Waals surface area (Å²) in [5, 5.41) is 3.34. The zero-order chi connectivity index (χ0) is 11.6. The number of hydrogen-bond donors (Lipinski definition) is 2. The van der Waals surface area contributed by atoms with E-state index in [0.717, 1.165) is 16.8 Å². The van der Waals surface area contributed by atoms with E-state index in [0.29, 0.717) is 10.4 Å². The number of nitrogens with zero attached hydrogens (tertiary/aromatic N) is 1. The molecule has 3 N–H and O–H groups in total. The van der Waals surface area contributed by atoms with E-state index in [9.17, 15) is 0 Å². The maximum absolute atomic E-state index is 5.89. The fraction of sp³-hybridized carbons (Fsp3) is 0.545. The smallest absolute Gasteiger partial charge is 0.149 e. The van der Waals surface area contributed by atoms with Crippen molar-refractivity contribution in [2.45, 2.75) is 24.5 Å². The monoisotopic (exact) mass is 301 g/mol. The number of halogens is 1. The summed E-state index contributed by atoms with van der Waals surface area (Å²) in [6.07, 6.45) is 4.34. The average molecular weight is 302 g/mol. The highest BCUT2D eigenvalue weighted by atomic mass is 79.9. The van der Waals surface area contributed by atoms with Crippen molar-refractivity contribution in [1.82, 2.24) is 4.98 Å². The van der Waals surface area contributed by atoms with E-state index in [1.54, 1.807) is 6.20 Å². The lowest BCUT2D eigenvalue weighted by Crippen LogP contribution is -2.27. The van der Waals surface area contributed by atoms with Crippen LogP contribution in [-0.4, -0.2) is 22.0 Å². The topological polar surface area (TPSA) is 50.9 Å².